The molecule has 0 radical (unpaired) electrons. The Kier molecular flexibility index (Phi) is 7.25. The van der Waals surface area contributed by atoms with Crippen molar-refractivity contribution < 1.29 is 9.53 Å². The fraction of sp³-hybridized carbons (Fsp3) is 0.583. The van der Waals surface area contributed by atoms with E-state index in [0.29, 0.717) is 12.5 Å². The molecule has 31 heavy (non-hydrogen) atoms. The average molecular weight is 426 g/mol. The van der Waals surface area contributed by atoms with E-state index in [1.807, 2.05) is 11.0 Å². The van der Waals surface area contributed by atoms with Gasteiger partial charge in [-0.1, -0.05) is 6.07 Å². The van der Waals surface area contributed by atoms with Gasteiger partial charge in [0.2, 0.25) is 5.91 Å². The molecule has 7 nitrogen and oxygen atoms in total. The molecule has 2 aliphatic heterocycles. The summed E-state index contributed by atoms with van der Waals surface area (Å²) in [7, 11) is 0. The number of hydrogen-bond donors (Lipinski definition) is 1. The zero-order valence-electron chi connectivity index (χ0n) is 18.8. The third-order valence-electron chi connectivity index (χ3n) is 6.47. The topological polar surface area (TPSA) is 64.7 Å². The Balaban J connectivity index is 1.40. The van der Waals surface area contributed by atoms with Crippen molar-refractivity contribution in [3.05, 3.63) is 47.3 Å². The molecule has 0 bridgehead atoms. The zero-order valence-corrected chi connectivity index (χ0v) is 18.8. The number of aromatic nitrogens is 2. The SMILES string of the molecule is CCN(CC)C(=O)C1CCCN(Cc2ccc3c(c2)CN(Cc2ccn[nH]2)CCO3)C1. The van der Waals surface area contributed by atoms with Gasteiger partial charge in [-0.15, -0.1) is 0 Å². The third-order valence-corrected chi connectivity index (χ3v) is 6.47. The van der Waals surface area contributed by atoms with Crippen molar-refractivity contribution in [2.24, 2.45) is 5.92 Å². The Morgan fingerprint density at radius 2 is 2.06 bits per heavy atom. The van der Waals surface area contributed by atoms with Gasteiger partial charge in [-0.25, -0.2) is 0 Å². The lowest BCUT2D eigenvalue weighted by atomic mass is 9.95. The van der Waals surface area contributed by atoms with E-state index < -0.39 is 0 Å². The van der Waals surface area contributed by atoms with Crippen LogP contribution in [0.3, 0.4) is 0 Å². The second kappa shape index (κ2) is 10.3. The first-order valence-corrected chi connectivity index (χ1v) is 11.6. The van der Waals surface area contributed by atoms with Crippen LogP contribution in [0, 0.1) is 5.92 Å². The number of carbonyl (C=O) groups excluding carboxylic acids is 1. The minimum atomic E-state index is 0.128. The molecule has 2 aliphatic rings. The van der Waals surface area contributed by atoms with Gasteiger partial charge in [0, 0.05) is 63.3 Å². The quantitative estimate of drug-likeness (QED) is 0.739. The number of aromatic amines is 1. The highest BCUT2D eigenvalue weighted by Crippen LogP contribution is 2.27. The maximum atomic E-state index is 12.8. The molecule has 1 unspecified atom stereocenters. The van der Waals surface area contributed by atoms with Crippen LogP contribution in [-0.2, 0) is 24.4 Å². The number of carbonyl (C=O) groups is 1. The Morgan fingerprint density at radius 1 is 1.19 bits per heavy atom. The number of nitrogens with one attached hydrogen (secondary N) is 1. The number of fused-ring (bicyclic) bond motifs is 1. The first-order valence-electron chi connectivity index (χ1n) is 11.6. The molecule has 168 valence electrons. The second-order valence-electron chi connectivity index (χ2n) is 8.67. The smallest absolute Gasteiger partial charge is 0.226 e. The number of ether oxygens (including phenoxy) is 1. The van der Waals surface area contributed by atoms with Gasteiger partial charge >= 0.3 is 0 Å². The molecule has 1 N–H and O–H groups in total. The first kappa shape index (κ1) is 21.8. The van der Waals surface area contributed by atoms with Crippen molar-refractivity contribution in [3.8, 4) is 5.75 Å². The van der Waals surface area contributed by atoms with Gasteiger partial charge in [-0.3, -0.25) is 19.7 Å². The number of rotatable bonds is 7. The highest BCUT2D eigenvalue weighted by atomic mass is 16.5. The monoisotopic (exact) mass is 425 g/mol. The van der Waals surface area contributed by atoms with Crippen molar-refractivity contribution in [2.75, 3.05) is 39.3 Å². The van der Waals surface area contributed by atoms with E-state index in [1.165, 1.54) is 11.1 Å². The Morgan fingerprint density at radius 3 is 2.84 bits per heavy atom. The van der Waals surface area contributed by atoms with Gasteiger partial charge in [-0.05, 0) is 57.0 Å². The van der Waals surface area contributed by atoms with E-state index in [9.17, 15) is 4.79 Å². The van der Waals surface area contributed by atoms with Crippen molar-refractivity contribution in [2.45, 2.75) is 46.3 Å². The molecule has 1 aromatic carbocycles. The molecule has 1 atom stereocenters. The average Bonchev–Trinajstić information content (AvgIpc) is 3.21. The highest BCUT2D eigenvalue weighted by Gasteiger charge is 2.28. The molecule has 1 saturated heterocycles. The third kappa shape index (κ3) is 5.46. The van der Waals surface area contributed by atoms with Crippen LogP contribution in [0.15, 0.2) is 30.5 Å². The predicted molar refractivity (Wildman–Crippen MR) is 121 cm³/mol. The molecule has 2 aromatic rings. The van der Waals surface area contributed by atoms with Gasteiger partial charge in [0.1, 0.15) is 12.4 Å². The Hall–Kier alpha value is -2.38. The van der Waals surface area contributed by atoms with Crippen molar-refractivity contribution in [1.82, 2.24) is 24.9 Å². The summed E-state index contributed by atoms with van der Waals surface area (Å²) in [5.41, 5.74) is 3.65. The van der Waals surface area contributed by atoms with Crippen LogP contribution in [0.5, 0.6) is 5.75 Å². The standard InChI is InChI=1S/C24H35N5O2/c1-3-29(4-2)24(30)20-6-5-11-27(16-20)15-19-7-8-23-21(14-19)17-28(12-13-31-23)18-22-9-10-25-26-22/h7-10,14,20H,3-6,11-13,15-18H2,1-2H3,(H,25,26). The maximum Gasteiger partial charge on any atom is 0.226 e. The van der Waals surface area contributed by atoms with Crippen LogP contribution in [0.1, 0.15) is 43.5 Å². The molecule has 1 fully saturated rings. The molecule has 0 spiro atoms. The van der Waals surface area contributed by atoms with E-state index in [0.717, 1.165) is 76.6 Å². The zero-order chi connectivity index (χ0) is 21.6. The van der Waals surface area contributed by atoms with E-state index in [-0.39, 0.29) is 5.92 Å². The van der Waals surface area contributed by atoms with E-state index >= 15 is 0 Å². The van der Waals surface area contributed by atoms with Crippen molar-refractivity contribution in [3.63, 3.8) is 0 Å². The van der Waals surface area contributed by atoms with Crippen LogP contribution >= 0.6 is 0 Å². The molecule has 1 aromatic heterocycles. The second-order valence-corrected chi connectivity index (χ2v) is 8.67. The minimum absolute atomic E-state index is 0.128. The minimum Gasteiger partial charge on any atom is -0.492 e. The van der Waals surface area contributed by atoms with Gasteiger partial charge < -0.3 is 9.64 Å². The van der Waals surface area contributed by atoms with Gasteiger partial charge in [0.05, 0.1) is 5.92 Å². The normalized spacial score (nSPS) is 20.0. The number of likely N-dealkylation sites (tertiary alicyclic amines) is 1. The van der Waals surface area contributed by atoms with E-state index in [4.69, 9.17) is 4.74 Å². The molecular weight excluding hydrogens is 390 g/mol. The molecule has 3 heterocycles. The summed E-state index contributed by atoms with van der Waals surface area (Å²) in [4.78, 5) is 19.6. The number of nitrogens with zero attached hydrogens (tertiary/aromatic N) is 4. The van der Waals surface area contributed by atoms with E-state index in [1.54, 1.807) is 6.20 Å². The summed E-state index contributed by atoms with van der Waals surface area (Å²) < 4.78 is 6.01. The molecule has 0 saturated carbocycles. The lowest BCUT2D eigenvalue weighted by Gasteiger charge is -2.34. The largest absolute Gasteiger partial charge is 0.492 e. The van der Waals surface area contributed by atoms with E-state index in [2.05, 4.69) is 52.0 Å². The lowest BCUT2D eigenvalue weighted by Crippen LogP contribution is -2.44. The molecule has 1 amide bonds. The van der Waals surface area contributed by atoms with Crippen LogP contribution in [-0.4, -0.2) is 70.1 Å². The summed E-state index contributed by atoms with van der Waals surface area (Å²) in [6.45, 7) is 11.8. The number of benzene rings is 1. The van der Waals surface area contributed by atoms with Crippen LogP contribution in [0.2, 0.25) is 0 Å². The van der Waals surface area contributed by atoms with Crippen LogP contribution in [0.25, 0.3) is 0 Å². The molecule has 7 heteroatoms. The number of H-pyrrole nitrogens is 1. The fourth-order valence-corrected chi connectivity index (χ4v) is 4.80. The highest BCUT2D eigenvalue weighted by molar-refractivity contribution is 5.79. The lowest BCUT2D eigenvalue weighted by molar-refractivity contribution is -0.137. The van der Waals surface area contributed by atoms with Crippen molar-refractivity contribution >= 4 is 5.91 Å². The number of piperidine rings is 1. The van der Waals surface area contributed by atoms with Crippen LogP contribution in [0.4, 0.5) is 0 Å². The fourth-order valence-electron chi connectivity index (χ4n) is 4.80. The van der Waals surface area contributed by atoms with Crippen molar-refractivity contribution in [1.29, 1.82) is 0 Å². The number of amides is 1. The maximum absolute atomic E-state index is 12.8. The van der Waals surface area contributed by atoms with Gasteiger partial charge in [0.15, 0.2) is 0 Å². The predicted octanol–water partition coefficient (Wildman–Crippen LogP) is 2.88. The Bertz CT molecular complexity index is 850. The summed E-state index contributed by atoms with van der Waals surface area (Å²) in [5, 5.41) is 7.11. The molecular formula is C24H35N5O2. The van der Waals surface area contributed by atoms with Gasteiger partial charge in [0.25, 0.3) is 0 Å². The number of hydrogen-bond acceptors (Lipinski definition) is 5. The summed E-state index contributed by atoms with van der Waals surface area (Å²) in [5.74, 6) is 1.44. The molecule has 0 aliphatic carbocycles. The van der Waals surface area contributed by atoms with Gasteiger partial charge in [-0.2, -0.15) is 5.10 Å². The first-order chi connectivity index (χ1) is 15.2. The summed E-state index contributed by atoms with van der Waals surface area (Å²) >= 11 is 0. The summed E-state index contributed by atoms with van der Waals surface area (Å²) in [6, 6.07) is 8.61. The summed E-state index contributed by atoms with van der Waals surface area (Å²) in [6.07, 6.45) is 3.89. The Labute approximate surface area is 185 Å². The van der Waals surface area contributed by atoms with Crippen LogP contribution < -0.4 is 4.74 Å². The molecule has 4 rings (SSSR count).